The smallest absolute Gasteiger partial charge is 0.338 e. The average molecular weight is 350 g/mol. The lowest BCUT2D eigenvalue weighted by Gasteiger charge is -2.18. The minimum absolute atomic E-state index is 0.0289. The van der Waals surface area contributed by atoms with Crippen LogP contribution in [0.25, 0.3) is 0 Å². The summed E-state index contributed by atoms with van der Waals surface area (Å²) in [4.78, 5) is 24.3. The summed E-state index contributed by atoms with van der Waals surface area (Å²) in [5.74, 6) is -0.915. The Morgan fingerprint density at radius 3 is 2.35 bits per heavy atom. The van der Waals surface area contributed by atoms with Gasteiger partial charge in [0, 0.05) is 6.04 Å². The highest BCUT2D eigenvalue weighted by Crippen LogP contribution is 2.08. The number of hydrogen-bond donors (Lipinski definition) is 1. The minimum atomic E-state index is -0.891. The Hall–Kier alpha value is -3.13. The van der Waals surface area contributed by atoms with E-state index in [2.05, 4.69) is 17.4 Å². The number of hydrogen-bond acceptors (Lipinski definition) is 4. The van der Waals surface area contributed by atoms with Crippen molar-refractivity contribution in [3.8, 4) is 6.07 Å². The largest absolute Gasteiger partial charge is 0.449 e. The summed E-state index contributed by atoms with van der Waals surface area (Å²) in [5, 5.41) is 11.6. The molecule has 2 rings (SSSR count). The van der Waals surface area contributed by atoms with Crippen molar-refractivity contribution in [3.63, 3.8) is 0 Å². The second-order valence-corrected chi connectivity index (χ2v) is 6.17. The Kier molecular flexibility index (Phi) is 6.92. The number of carbonyl (C=O) groups is 2. The summed E-state index contributed by atoms with van der Waals surface area (Å²) < 4.78 is 5.20. The zero-order chi connectivity index (χ0) is 18.9. The maximum Gasteiger partial charge on any atom is 0.338 e. The number of rotatable bonds is 7. The summed E-state index contributed by atoms with van der Waals surface area (Å²) in [5.41, 5.74) is 1.98. The van der Waals surface area contributed by atoms with E-state index in [-0.39, 0.29) is 11.9 Å². The van der Waals surface area contributed by atoms with Crippen molar-refractivity contribution in [2.24, 2.45) is 0 Å². The van der Waals surface area contributed by atoms with Crippen molar-refractivity contribution in [1.29, 1.82) is 5.26 Å². The van der Waals surface area contributed by atoms with Crippen LogP contribution in [0.15, 0.2) is 54.6 Å². The lowest BCUT2D eigenvalue weighted by atomic mass is 10.1. The fourth-order valence-corrected chi connectivity index (χ4v) is 2.42. The molecule has 0 saturated heterocycles. The number of amides is 1. The predicted octanol–water partition coefficient (Wildman–Crippen LogP) is 3.24. The number of esters is 1. The summed E-state index contributed by atoms with van der Waals surface area (Å²) in [7, 11) is 0. The molecule has 1 N–H and O–H groups in total. The predicted molar refractivity (Wildman–Crippen MR) is 98.4 cm³/mol. The fourth-order valence-electron chi connectivity index (χ4n) is 2.42. The average Bonchev–Trinajstić information content (AvgIpc) is 2.67. The third-order valence-corrected chi connectivity index (χ3v) is 4.00. The first-order valence-corrected chi connectivity index (χ1v) is 8.55. The highest BCUT2D eigenvalue weighted by atomic mass is 16.5. The van der Waals surface area contributed by atoms with Crippen molar-refractivity contribution < 1.29 is 14.3 Å². The van der Waals surface area contributed by atoms with E-state index in [1.54, 1.807) is 6.92 Å². The fraction of sp³-hybridized carbons (Fsp3) is 0.286. The molecule has 0 aliphatic heterocycles. The second kappa shape index (κ2) is 9.38. The van der Waals surface area contributed by atoms with Gasteiger partial charge in [-0.15, -0.1) is 0 Å². The van der Waals surface area contributed by atoms with E-state index in [0.717, 1.165) is 12.8 Å². The molecule has 0 aliphatic rings. The third-order valence-electron chi connectivity index (χ3n) is 4.00. The molecule has 0 heterocycles. The van der Waals surface area contributed by atoms with Gasteiger partial charge in [-0.2, -0.15) is 5.26 Å². The molecule has 26 heavy (non-hydrogen) atoms. The van der Waals surface area contributed by atoms with Crippen LogP contribution in [0.3, 0.4) is 0 Å². The molecule has 0 bridgehead atoms. The van der Waals surface area contributed by atoms with Gasteiger partial charge in [0.05, 0.1) is 17.2 Å². The lowest BCUT2D eigenvalue weighted by Crippen LogP contribution is -2.41. The van der Waals surface area contributed by atoms with Gasteiger partial charge in [-0.1, -0.05) is 30.3 Å². The molecular weight excluding hydrogens is 328 g/mol. The van der Waals surface area contributed by atoms with E-state index in [0.29, 0.717) is 11.1 Å². The number of nitrogens with one attached hydrogen (secondary N) is 1. The standard InChI is InChI=1S/C21H22N2O3/c1-15(8-9-17-6-4-3-5-7-17)23-20(24)16(2)26-21(25)19-12-10-18(14-22)11-13-19/h3-7,10-13,15-16H,8-9H2,1-2H3,(H,23,24)/t15-,16-/m1/s1. The molecule has 5 nitrogen and oxygen atoms in total. The number of benzene rings is 2. The van der Waals surface area contributed by atoms with Gasteiger partial charge in [-0.05, 0) is 56.5 Å². The number of nitrogens with zero attached hydrogens (tertiary/aromatic N) is 1. The zero-order valence-corrected chi connectivity index (χ0v) is 14.9. The lowest BCUT2D eigenvalue weighted by molar-refractivity contribution is -0.129. The first-order valence-electron chi connectivity index (χ1n) is 8.55. The summed E-state index contributed by atoms with van der Waals surface area (Å²) in [6.07, 6.45) is 0.769. The van der Waals surface area contributed by atoms with E-state index in [1.807, 2.05) is 31.2 Å². The van der Waals surface area contributed by atoms with Gasteiger partial charge >= 0.3 is 5.97 Å². The molecule has 0 saturated carbocycles. The monoisotopic (exact) mass is 350 g/mol. The zero-order valence-electron chi connectivity index (χ0n) is 14.9. The Morgan fingerprint density at radius 2 is 1.73 bits per heavy atom. The maximum atomic E-state index is 12.2. The second-order valence-electron chi connectivity index (χ2n) is 6.17. The van der Waals surface area contributed by atoms with Crippen molar-refractivity contribution in [2.75, 3.05) is 0 Å². The van der Waals surface area contributed by atoms with Crippen LogP contribution < -0.4 is 5.32 Å². The minimum Gasteiger partial charge on any atom is -0.449 e. The normalized spacial score (nSPS) is 12.5. The Balaban J connectivity index is 1.80. The first-order chi connectivity index (χ1) is 12.5. The number of aryl methyl sites for hydroxylation is 1. The van der Waals surface area contributed by atoms with Gasteiger partial charge < -0.3 is 10.1 Å². The van der Waals surface area contributed by atoms with Gasteiger partial charge in [0.2, 0.25) is 0 Å². The van der Waals surface area contributed by atoms with E-state index in [4.69, 9.17) is 10.00 Å². The van der Waals surface area contributed by atoms with E-state index in [1.165, 1.54) is 29.8 Å². The van der Waals surface area contributed by atoms with E-state index < -0.39 is 12.1 Å². The van der Waals surface area contributed by atoms with Crippen LogP contribution in [0, 0.1) is 11.3 Å². The SMILES string of the molecule is C[C@H](CCc1ccccc1)NC(=O)[C@@H](C)OC(=O)c1ccc(C#N)cc1. The van der Waals surface area contributed by atoms with Crippen LogP contribution >= 0.6 is 0 Å². The van der Waals surface area contributed by atoms with Crippen molar-refractivity contribution in [1.82, 2.24) is 5.32 Å². The molecule has 0 fully saturated rings. The van der Waals surface area contributed by atoms with Gasteiger partial charge in [0.25, 0.3) is 5.91 Å². The number of nitriles is 1. The number of carbonyl (C=O) groups excluding carboxylic acids is 2. The van der Waals surface area contributed by atoms with E-state index >= 15 is 0 Å². The van der Waals surface area contributed by atoms with Crippen LogP contribution in [-0.4, -0.2) is 24.0 Å². The van der Waals surface area contributed by atoms with Gasteiger partial charge in [0.15, 0.2) is 6.10 Å². The Morgan fingerprint density at radius 1 is 1.08 bits per heavy atom. The highest BCUT2D eigenvalue weighted by molar-refractivity contribution is 5.92. The summed E-state index contributed by atoms with van der Waals surface area (Å²) in [6.45, 7) is 3.47. The third kappa shape index (κ3) is 5.75. The van der Waals surface area contributed by atoms with Gasteiger partial charge in [-0.25, -0.2) is 4.79 Å². The molecule has 5 heteroatoms. The Labute approximate surface area is 153 Å². The Bertz CT molecular complexity index is 779. The van der Waals surface area contributed by atoms with Crippen LogP contribution in [0.2, 0.25) is 0 Å². The molecule has 2 aromatic rings. The van der Waals surface area contributed by atoms with E-state index in [9.17, 15) is 9.59 Å². The van der Waals surface area contributed by atoms with Gasteiger partial charge in [-0.3, -0.25) is 4.79 Å². The van der Waals surface area contributed by atoms with Crippen molar-refractivity contribution >= 4 is 11.9 Å². The van der Waals surface area contributed by atoms with Crippen LogP contribution in [0.4, 0.5) is 0 Å². The molecule has 0 radical (unpaired) electrons. The molecule has 2 aromatic carbocycles. The highest BCUT2D eigenvalue weighted by Gasteiger charge is 2.20. The van der Waals surface area contributed by atoms with Gasteiger partial charge in [0.1, 0.15) is 0 Å². The van der Waals surface area contributed by atoms with Crippen LogP contribution in [0.5, 0.6) is 0 Å². The summed E-state index contributed by atoms with van der Waals surface area (Å²) >= 11 is 0. The first kappa shape index (κ1) is 19.2. The van der Waals surface area contributed by atoms with Crippen LogP contribution in [0.1, 0.15) is 41.8 Å². The summed E-state index contributed by atoms with van der Waals surface area (Å²) in [6, 6.07) is 18.1. The molecule has 0 unspecified atom stereocenters. The molecule has 0 aromatic heterocycles. The maximum absolute atomic E-state index is 12.2. The van der Waals surface area contributed by atoms with Crippen molar-refractivity contribution in [3.05, 3.63) is 71.3 Å². The van der Waals surface area contributed by atoms with Crippen molar-refractivity contribution in [2.45, 2.75) is 38.8 Å². The molecule has 1 amide bonds. The number of ether oxygens (including phenoxy) is 1. The molecule has 2 atom stereocenters. The topological polar surface area (TPSA) is 79.2 Å². The quantitative estimate of drug-likeness (QED) is 0.778. The molecule has 134 valence electrons. The molecule has 0 aliphatic carbocycles. The van der Waals surface area contributed by atoms with Crippen LogP contribution in [-0.2, 0) is 16.0 Å². The molecule has 0 spiro atoms. The molecular formula is C21H22N2O3.